The number of hydrogen-bond acceptors (Lipinski definition) is 4. The molecule has 1 atom stereocenters. The molecule has 2 heterocycles. The lowest BCUT2D eigenvalue weighted by Crippen LogP contribution is -2.18. The van der Waals surface area contributed by atoms with Gasteiger partial charge in [-0.2, -0.15) is 10.4 Å². The Labute approximate surface area is 130 Å². The number of nitrogens with zero attached hydrogens (tertiary/aromatic N) is 3. The third-order valence-corrected chi connectivity index (χ3v) is 3.94. The molecule has 3 rings (SSSR count). The van der Waals surface area contributed by atoms with Crippen molar-refractivity contribution >= 4 is 0 Å². The van der Waals surface area contributed by atoms with Crippen LogP contribution in [0.5, 0.6) is 5.75 Å². The monoisotopic (exact) mass is 297 g/mol. The van der Waals surface area contributed by atoms with Crippen LogP contribution in [0.15, 0.2) is 30.6 Å². The molecule has 114 valence electrons. The third-order valence-electron chi connectivity index (χ3n) is 3.94. The number of benzene rings is 1. The lowest BCUT2D eigenvalue weighted by Gasteiger charge is -2.22. The van der Waals surface area contributed by atoms with Gasteiger partial charge >= 0.3 is 0 Å². The summed E-state index contributed by atoms with van der Waals surface area (Å²) in [6, 6.07) is 8.04. The van der Waals surface area contributed by atoms with Crippen LogP contribution in [0, 0.1) is 11.3 Å². The minimum absolute atomic E-state index is 0.0438. The second kappa shape index (κ2) is 6.63. The van der Waals surface area contributed by atoms with E-state index in [1.54, 1.807) is 7.11 Å². The van der Waals surface area contributed by atoms with E-state index in [2.05, 4.69) is 11.2 Å². The molecule has 22 heavy (non-hydrogen) atoms. The van der Waals surface area contributed by atoms with Gasteiger partial charge in [0.1, 0.15) is 12.0 Å². The maximum Gasteiger partial charge on any atom is 0.150 e. The summed E-state index contributed by atoms with van der Waals surface area (Å²) in [5.74, 6) is 0.737. The van der Waals surface area contributed by atoms with Crippen molar-refractivity contribution in [3.05, 3.63) is 36.2 Å². The number of hydrogen-bond donors (Lipinski definition) is 0. The lowest BCUT2D eigenvalue weighted by atomic mass is 10.0. The van der Waals surface area contributed by atoms with Crippen molar-refractivity contribution < 1.29 is 9.47 Å². The molecule has 1 aromatic heterocycles. The Hall–Kier alpha value is -2.32. The fraction of sp³-hybridized carbons (Fsp3) is 0.412. The Morgan fingerprint density at radius 2 is 2.32 bits per heavy atom. The average molecular weight is 297 g/mol. The van der Waals surface area contributed by atoms with E-state index in [0.29, 0.717) is 6.42 Å². The van der Waals surface area contributed by atoms with Gasteiger partial charge in [0.05, 0.1) is 25.8 Å². The molecule has 5 heteroatoms. The van der Waals surface area contributed by atoms with Crippen molar-refractivity contribution in [1.29, 1.82) is 5.26 Å². The van der Waals surface area contributed by atoms with Crippen LogP contribution in [0.25, 0.3) is 11.1 Å². The number of rotatable bonds is 4. The summed E-state index contributed by atoms with van der Waals surface area (Å²) < 4.78 is 13.0. The molecule has 0 bridgehead atoms. The summed E-state index contributed by atoms with van der Waals surface area (Å²) in [6.45, 7) is 0.802. The van der Waals surface area contributed by atoms with Crippen LogP contribution in [0.2, 0.25) is 0 Å². The van der Waals surface area contributed by atoms with Crippen molar-refractivity contribution in [2.75, 3.05) is 13.7 Å². The molecule has 1 aliphatic rings. The van der Waals surface area contributed by atoms with E-state index in [1.807, 2.05) is 35.3 Å². The zero-order chi connectivity index (χ0) is 15.4. The maximum atomic E-state index is 8.84. The summed E-state index contributed by atoms with van der Waals surface area (Å²) in [5.41, 5.74) is 2.95. The van der Waals surface area contributed by atoms with Crippen LogP contribution in [-0.4, -0.2) is 23.5 Å². The van der Waals surface area contributed by atoms with Gasteiger partial charge in [0.15, 0.2) is 0 Å². The predicted octanol–water partition coefficient (Wildman–Crippen LogP) is 3.32. The molecule has 2 aromatic rings. The Bertz CT molecular complexity index is 681. The minimum Gasteiger partial charge on any atom is -0.496 e. The highest BCUT2D eigenvalue weighted by molar-refractivity contribution is 5.65. The molecule has 0 spiro atoms. The molecular weight excluding hydrogens is 278 g/mol. The van der Waals surface area contributed by atoms with Gasteiger partial charge in [-0.05, 0) is 30.9 Å². The molecular formula is C17H19N3O2. The van der Waals surface area contributed by atoms with Crippen molar-refractivity contribution in [2.24, 2.45) is 0 Å². The standard InChI is InChI=1S/C17H19N3O2/c1-21-16-10-14(6-5-13(16)7-8-18)15-11-19-20(12-15)17-4-2-3-9-22-17/h5-6,10-12,17H,2-4,7,9H2,1H3. The quantitative estimate of drug-likeness (QED) is 0.868. The Morgan fingerprint density at radius 3 is 3.05 bits per heavy atom. The van der Waals surface area contributed by atoms with Gasteiger partial charge in [0.2, 0.25) is 0 Å². The van der Waals surface area contributed by atoms with E-state index in [-0.39, 0.29) is 6.23 Å². The molecule has 0 saturated carbocycles. The summed E-state index contributed by atoms with van der Waals surface area (Å²) in [4.78, 5) is 0. The van der Waals surface area contributed by atoms with Gasteiger partial charge in [-0.25, -0.2) is 4.68 Å². The van der Waals surface area contributed by atoms with Crippen LogP contribution in [0.3, 0.4) is 0 Å². The Balaban J connectivity index is 1.85. The smallest absolute Gasteiger partial charge is 0.150 e. The fourth-order valence-corrected chi connectivity index (χ4v) is 2.73. The fourth-order valence-electron chi connectivity index (χ4n) is 2.73. The molecule has 0 aliphatic carbocycles. The topological polar surface area (TPSA) is 60.1 Å². The molecule has 1 aliphatic heterocycles. The average Bonchev–Trinajstić information content (AvgIpc) is 3.06. The second-order valence-electron chi connectivity index (χ2n) is 5.39. The number of aromatic nitrogens is 2. The number of methoxy groups -OCH3 is 1. The van der Waals surface area contributed by atoms with Crippen molar-refractivity contribution in [1.82, 2.24) is 9.78 Å². The molecule has 0 amide bonds. The van der Waals surface area contributed by atoms with E-state index >= 15 is 0 Å². The van der Waals surface area contributed by atoms with Gasteiger partial charge in [-0.1, -0.05) is 12.1 Å². The molecule has 0 N–H and O–H groups in total. The molecule has 0 radical (unpaired) electrons. The van der Waals surface area contributed by atoms with Crippen LogP contribution >= 0.6 is 0 Å². The molecule has 5 nitrogen and oxygen atoms in total. The van der Waals surface area contributed by atoms with Crippen LogP contribution in [0.4, 0.5) is 0 Å². The zero-order valence-electron chi connectivity index (χ0n) is 12.7. The largest absolute Gasteiger partial charge is 0.496 e. The number of ether oxygens (including phenoxy) is 2. The van der Waals surface area contributed by atoms with Crippen LogP contribution < -0.4 is 4.74 Å². The second-order valence-corrected chi connectivity index (χ2v) is 5.39. The molecule has 1 unspecified atom stereocenters. The van der Waals surface area contributed by atoms with E-state index < -0.39 is 0 Å². The first kappa shape index (κ1) is 14.6. The lowest BCUT2D eigenvalue weighted by molar-refractivity contribution is -0.0394. The van der Waals surface area contributed by atoms with E-state index in [1.165, 1.54) is 6.42 Å². The van der Waals surface area contributed by atoms with Crippen molar-refractivity contribution in [3.8, 4) is 22.9 Å². The van der Waals surface area contributed by atoms with E-state index in [4.69, 9.17) is 14.7 Å². The highest BCUT2D eigenvalue weighted by Gasteiger charge is 2.17. The first-order chi connectivity index (χ1) is 10.8. The first-order valence-electron chi connectivity index (χ1n) is 7.52. The zero-order valence-corrected chi connectivity index (χ0v) is 12.7. The van der Waals surface area contributed by atoms with Gasteiger partial charge < -0.3 is 9.47 Å². The summed E-state index contributed by atoms with van der Waals surface area (Å²) in [7, 11) is 1.62. The molecule has 1 aromatic carbocycles. The molecule has 1 fully saturated rings. The Kier molecular flexibility index (Phi) is 4.40. The maximum absolute atomic E-state index is 8.84. The van der Waals surface area contributed by atoms with Crippen molar-refractivity contribution in [2.45, 2.75) is 31.9 Å². The number of nitriles is 1. The van der Waals surface area contributed by atoms with Gasteiger partial charge in [0.25, 0.3) is 0 Å². The third kappa shape index (κ3) is 2.97. The van der Waals surface area contributed by atoms with Gasteiger partial charge in [0, 0.05) is 23.9 Å². The van der Waals surface area contributed by atoms with E-state index in [0.717, 1.165) is 41.9 Å². The summed E-state index contributed by atoms with van der Waals surface area (Å²) in [5, 5.41) is 13.3. The molecule has 1 saturated heterocycles. The first-order valence-corrected chi connectivity index (χ1v) is 7.52. The minimum atomic E-state index is 0.0438. The summed E-state index contributed by atoms with van der Waals surface area (Å²) >= 11 is 0. The predicted molar refractivity (Wildman–Crippen MR) is 82.4 cm³/mol. The van der Waals surface area contributed by atoms with Crippen LogP contribution in [0.1, 0.15) is 31.1 Å². The van der Waals surface area contributed by atoms with Gasteiger partial charge in [-0.3, -0.25) is 0 Å². The summed E-state index contributed by atoms with van der Waals surface area (Å²) in [6.07, 6.45) is 7.55. The highest BCUT2D eigenvalue weighted by atomic mass is 16.5. The van der Waals surface area contributed by atoms with E-state index in [9.17, 15) is 0 Å². The van der Waals surface area contributed by atoms with Gasteiger partial charge in [-0.15, -0.1) is 0 Å². The Morgan fingerprint density at radius 1 is 1.41 bits per heavy atom. The normalized spacial score (nSPS) is 17.9. The van der Waals surface area contributed by atoms with Crippen molar-refractivity contribution in [3.63, 3.8) is 0 Å². The van der Waals surface area contributed by atoms with Crippen LogP contribution in [-0.2, 0) is 11.2 Å². The SMILES string of the molecule is COc1cc(-c2cnn(C3CCCCO3)c2)ccc1CC#N. The highest BCUT2D eigenvalue weighted by Crippen LogP contribution is 2.29.